The number of hydrogen-bond acceptors (Lipinski definition) is 5. The molecule has 0 atom stereocenters. The number of nitrogens with one attached hydrogen (secondary N) is 1. The molecule has 128 valence electrons. The SMILES string of the molecule is Cc1c(C2CCCCC2)noc1NC(=O)C1CC(n2ccnn2)C1. The summed E-state index contributed by atoms with van der Waals surface area (Å²) < 4.78 is 7.25. The molecular formula is C17H23N5O2. The van der Waals surface area contributed by atoms with Crippen molar-refractivity contribution >= 4 is 11.8 Å². The van der Waals surface area contributed by atoms with Crippen LogP contribution in [0.25, 0.3) is 0 Å². The monoisotopic (exact) mass is 329 g/mol. The van der Waals surface area contributed by atoms with E-state index in [9.17, 15) is 4.79 Å². The van der Waals surface area contributed by atoms with E-state index in [0.29, 0.717) is 11.8 Å². The molecular weight excluding hydrogens is 306 g/mol. The summed E-state index contributed by atoms with van der Waals surface area (Å²) in [6.07, 6.45) is 11.2. The smallest absolute Gasteiger partial charge is 0.234 e. The van der Waals surface area contributed by atoms with Crippen molar-refractivity contribution in [1.29, 1.82) is 0 Å². The standard InChI is InChI=1S/C17H23N5O2/c1-11-15(12-5-3-2-4-6-12)20-24-17(11)19-16(23)13-9-14(10-13)22-8-7-18-21-22/h7-8,12-14H,2-6,9-10H2,1H3,(H,19,23). The average molecular weight is 329 g/mol. The molecule has 0 saturated heterocycles. The summed E-state index contributed by atoms with van der Waals surface area (Å²) in [5, 5.41) is 15.0. The van der Waals surface area contributed by atoms with E-state index in [2.05, 4.69) is 20.8 Å². The van der Waals surface area contributed by atoms with Gasteiger partial charge in [-0.15, -0.1) is 5.10 Å². The molecule has 2 fully saturated rings. The summed E-state index contributed by atoms with van der Waals surface area (Å²) in [6, 6.07) is 0.275. The van der Waals surface area contributed by atoms with Crippen molar-refractivity contribution in [3.8, 4) is 0 Å². The van der Waals surface area contributed by atoms with Crippen LogP contribution in [0, 0.1) is 12.8 Å². The summed E-state index contributed by atoms with van der Waals surface area (Å²) in [7, 11) is 0. The lowest BCUT2D eigenvalue weighted by Gasteiger charge is -2.33. The molecule has 24 heavy (non-hydrogen) atoms. The van der Waals surface area contributed by atoms with Gasteiger partial charge in [0.25, 0.3) is 0 Å². The van der Waals surface area contributed by atoms with Crippen molar-refractivity contribution < 1.29 is 9.32 Å². The third-order valence-electron chi connectivity index (χ3n) is 5.49. The molecule has 0 aromatic carbocycles. The lowest BCUT2D eigenvalue weighted by Crippen LogP contribution is -2.36. The van der Waals surface area contributed by atoms with Gasteiger partial charge < -0.3 is 4.52 Å². The van der Waals surface area contributed by atoms with Crippen LogP contribution >= 0.6 is 0 Å². The van der Waals surface area contributed by atoms with Crippen LogP contribution in [0.2, 0.25) is 0 Å². The van der Waals surface area contributed by atoms with Gasteiger partial charge in [-0.05, 0) is 32.6 Å². The van der Waals surface area contributed by atoms with Crippen molar-refractivity contribution in [2.75, 3.05) is 5.32 Å². The highest BCUT2D eigenvalue weighted by Crippen LogP contribution is 2.39. The van der Waals surface area contributed by atoms with E-state index >= 15 is 0 Å². The fourth-order valence-electron chi connectivity index (χ4n) is 3.87. The highest BCUT2D eigenvalue weighted by atomic mass is 16.5. The third kappa shape index (κ3) is 2.83. The van der Waals surface area contributed by atoms with Crippen LogP contribution < -0.4 is 5.32 Å². The van der Waals surface area contributed by atoms with E-state index in [1.54, 1.807) is 6.20 Å². The Hall–Kier alpha value is -2.18. The normalized spacial score (nSPS) is 24.5. The lowest BCUT2D eigenvalue weighted by atomic mass is 9.79. The molecule has 2 aliphatic carbocycles. The molecule has 1 amide bonds. The number of hydrogen-bond donors (Lipinski definition) is 1. The molecule has 0 unspecified atom stereocenters. The number of nitrogens with zero attached hydrogens (tertiary/aromatic N) is 4. The molecule has 2 aliphatic rings. The Morgan fingerprint density at radius 1 is 1.29 bits per heavy atom. The summed E-state index contributed by atoms with van der Waals surface area (Å²) in [4.78, 5) is 12.4. The summed E-state index contributed by atoms with van der Waals surface area (Å²) in [5.74, 6) is 1.01. The molecule has 0 radical (unpaired) electrons. The van der Waals surface area contributed by atoms with Gasteiger partial charge in [0.2, 0.25) is 11.8 Å². The zero-order valence-electron chi connectivity index (χ0n) is 13.9. The Labute approximate surface area is 140 Å². The van der Waals surface area contributed by atoms with Gasteiger partial charge in [0, 0.05) is 23.6 Å². The van der Waals surface area contributed by atoms with Crippen molar-refractivity contribution in [2.24, 2.45) is 5.92 Å². The molecule has 2 aromatic heterocycles. The molecule has 4 rings (SSSR count). The van der Waals surface area contributed by atoms with E-state index in [0.717, 1.165) is 24.1 Å². The van der Waals surface area contributed by atoms with Crippen LogP contribution in [0.3, 0.4) is 0 Å². The molecule has 0 bridgehead atoms. The van der Waals surface area contributed by atoms with Crippen LogP contribution in [0.1, 0.15) is 68.2 Å². The first-order valence-electron chi connectivity index (χ1n) is 8.85. The van der Waals surface area contributed by atoms with Crippen LogP contribution in [-0.4, -0.2) is 26.1 Å². The van der Waals surface area contributed by atoms with Gasteiger partial charge in [0.05, 0.1) is 17.9 Å². The first kappa shape index (κ1) is 15.4. The number of amides is 1. The zero-order chi connectivity index (χ0) is 16.5. The fraction of sp³-hybridized carbons (Fsp3) is 0.647. The van der Waals surface area contributed by atoms with E-state index < -0.39 is 0 Å². The highest BCUT2D eigenvalue weighted by molar-refractivity contribution is 5.92. The average Bonchev–Trinajstić information content (AvgIpc) is 3.18. The molecule has 1 N–H and O–H groups in total. The molecule has 0 spiro atoms. The molecule has 7 heteroatoms. The van der Waals surface area contributed by atoms with E-state index in [1.807, 2.05) is 17.8 Å². The maximum absolute atomic E-state index is 12.4. The van der Waals surface area contributed by atoms with Crippen molar-refractivity contribution in [1.82, 2.24) is 20.2 Å². The van der Waals surface area contributed by atoms with Crippen LogP contribution in [0.4, 0.5) is 5.88 Å². The predicted octanol–water partition coefficient (Wildman–Crippen LogP) is 3.21. The molecule has 2 saturated carbocycles. The van der Waals surface area contributed by atoms with Gasteiger partial charge in [0.15, 0.2) is 0 Å². The molecule has 2 aromatic rings. The Bertz CT molecular complexity index is 697. The van der Waals surface area contributed by atoms with Gasteiger partial charge in [-0.3, -0.25) is 10.1 Å². The second-order valence-corrected chi connectivity index (χ2v) is 7.05. The van der Waals surface area contributed by atoms with Gasteiger partial charge >= 0.3 is 0 Å². The first-order chi connectivity index (χ1) is 11.7. The summed E-state index contributed by atoms with van der Waals surface area (Å²) in [5.41, 5.74) is 2.02. The first-order valence-corrected chi connectivity index (χ1v) is 8.85. The summed E-state index contributed by atoms with van der Waals surface area (Å²) in [6.45, 7) is 2.00. The largest absolute Gasteiger partial charge is 0.338 e. The van der Waals surface area contributed by atoms with Crippen LogP contribution in [-0.2, 0) is 4.79 Å². The van der Waals surface area contributed by atoms with E-state index in [4.69, 9.17) is 4.52 Å². The number of anilines is 1. The lowest BCUT2D eigenvalue weighted by molar-refractivity contribution is -0.123. The predicted molar refractivity (Wildman–Crippen MR) is 87.5 cm³/mol. The minimum absolute atomic E-state index is 0.00169. The number of aromatic nitrogens is 4. The topological polar surface area (TPSA) is 85.8 Å². The van der Waals surface area contributed by atoms with Gasteiger partial charge in [0.1, 0.15) is 0 Å². The number of carbonyl (C=O) groups is 1. The van der Waals surface area contributed by atoms with E-state index in [-0.39, 0.29) is 17.9 Å². The van der Waals surface area contributed by atoms with Gasteiger partial charge in [-0.2, -0.15) is 0 Å². The maximum atomic E-state index is 12.4. The number of carbonyl (C=O) groups excluding carboxylic acids is 1. The number of rotatable bonds is 4. The fourth-order valence-corrected chi connectivity index (χ4v) is 3.87. The van der Waals surface area contributed by atoms with Crippen molar-refractivity contribution in [3.63, 3.8) is 0 Å². The molecule has 0 aliphatic heterocycles. The highest BCUT2D eigenvalue weighted by Gasteiger charge is 2.37. The van der Waals surface area contributed by atoms with E-state index in [1.165, 1.54) is 32.1 Å². The molecule has 2 heterocycles. The maximum Gasteiger partial charge on any atom is 0.234 e. The second-order valence-electron chi connectivity index (χ2n) is 7.05. The Morgan fingerprint density at radius 2 is 2.08 bits per heavy atom. The van der Waals surface area contributed by atoms with Crippen LogP contribution in [0.5, 0.6) is 0 Å². The second kappa shape index (κ2) is 6.37. The Kier molecular flexibility index (Phi) is 4.08. The van der Waals surface area contributed by atoms with Gasteiger partial charge in [-0.1, -0.05) is 29.6 Å². The Morgan fingerprint density at radius 3 is 2.79 bits per heavy atom. The van der Waals surface area contributed by atoms with Crippen LogP contribution in [0.15, 0.2) is 16.9 Å². The van der Waals surface area contributed by atoms with Gasteiger partial charge in [-0.25, -0.2) is 4.68 Å². The zero-order valence-corrected chi connectivity index (χ0v) is 13.9. The quantitative estimate of drug-likeness (QED) is 0.931. The summed E-state index contributed by atoms with van der Waals surface area (Å²) >= 11 is 0. The minimum atomic E-state index is 0.00169. The minimum Gasteiger partial charge on any atom is -0.338 e. The third-order valence-corrected chi connectivity index (χ3v) is 5.49. The van der Waals surface area contributed by atoms with Crippen molar-refractivity contribution in [2.45, 2.75) is 63.8 Å². The Balaban J connectivity index is 1.36. The van der Waals surface area contributed by atoms with Crippen molar-refractivity contribution in [3.05, 3.63) is 23.7 Å². The molecule has 7 nitrogen and oxygen atoms in total.